The number of hydrogen-bond acceptors (Lipinski definition) is 3. The van der Waals surface area contributed by atoms with Crippen molar-refractivity contribution in [2.45, 2.75) is 59.0 Å². The quantitative estimate of drug-likeness (QED) is 0.871. The maximum absolute atomic E-state index is 12.8. The first-order valence-electron chi connectivity index (χ1n) is 7.84. The van der Waals surface area contributed by atoms with E-state index in [9.17, 15) is 4.79 Å². The first-order chi connectivity index (χ1) is 9.87. The molecule has 5 heteroatoms. The highest BCUT2D eigenvalue weighted by molar-refractivity contribution is 5.83. The van der Waals surface area contributed by atoms with Gasteiger partial charge in [0.15, 0.2) is 0 Å². The second-order valence-corrected chi connectivity index (χ2v) is 7.34. The van der Waals surface area contributed by atoms with Crippen LogP contribution in [0, 0.1) is 10.8 Å². The molecular weight excluding hydrogens is 264 g/mol. The fourth-order valence-corrected chi connectivity index (χ4v) is 3.03. The Bertz CT molecular complexity index is 455. The van der Waals surface area contributed by atoms with Crippen LogP contribution in [0.25, 0.3) is 0 Å². The third-order valence-corrected chi connectivity index (χ3v) is 4.74. The first-order valence-corrected chi connectivity index (χ1v) is 7.84. The third-order valence-electron chi connectivity index (χ3n) is 4.74. The van der Waals surface area contributed by atoms with E-state index in [0.29, 0.717) is 6.54 Å². The molecule has 0 aliphatic heterocycles. The average molecular weight is 292 g/mol. The minimum Gasteiger partial charge on any atom is -0.351 e. The number of nitrogens with one attached hydrogen (secondary N) is 1. The molecule has 1 unspecified atom stereocenters. The van der Waals surface area contributed by atoms with Crippen LogP contribution in [0.3, 0.4) is 0 Å². The Morgan fingerprint density at radius 3 is 2.57 bits per heavy atom. The lowest BCUT2D eigenvalue weighted by molar-refractivity contribution is -0.132. The number of carbonyl (C=O) groups excluding carboxylic acids is 1. The molecule has 1 aromatic rings. The zero-order valence-corrected chi connectivity index (χ0v) is 13.4. The normalized spacial score (nSPS) is 19.4. The average Bonchev–Trinajstić information content (AvgIpc) is 3.08. The number of amides is 1. The number of nitrogens with two attached hydrogens (primary N) is 1. The maximum atomic E-state index is 12.8. The Kier molecular flexibility index (Phi) is 4.71. The molecule has 1 fully saturated rings. The van der Waals surface area contributed by atoms with Gasteiger partial charge in [-0.2, -0.15) is 0 Å². The van der Waals surface area contributed by atoms with Crippen LogP contribution in [0.5, 0.6) is 0 Å². The van der Waals surface area contributed by atoms with Gasteiger partial charge in [0.2, 0.25) is 5.91 Å². The van der Waals surface area contributed by atoms with Gasteiger partial charge in [-0.3, -0.25) is 4.79 Å². The fourth-order valence-electron chi connectivity index (χ4n) is 3.03. The zero-order chi connectivity index (χ0) is 15.5. The van der Waals surface area contributed by atoms with E-state index in [4.69, 9.17) is 5.73 Å². The monoisotopic (exact) mass is 292 g/mol. The minimum absolute atomic E-state index is 0.0195. The van der Waals surface area contributed by atoms with Crippen LogP contribution < -0.4 is 11.1 Å². The Balaban J connectivity index is 2.09. The topological polar surface area (TPSA) is 72.9 Å². The summed E-state index contributed by atoms with van der Waals surface area (Å²) in [6, 6.07) is 0.0585. The first kappa shape index (κ1) is 16.0. The van der Waals surface area contributed by atoms with Crippen molar-refractivity contribution >= 4 is 5.91 Å². The summed E-state index contributed by atoms with van der Waals surface area (Å²) in [6.07, 6.45) is 9.52. The molecule has 1 aliphatic rings. The SMILES string of the molecule is CC(C)(C)C(Cn1ccnc1)NC(=O)C1(CN)CCCC1. The van der Waals surface area contributed by atoms with E-state index < -0.39 is 0 Å². The molecule has 1 amide bonds. The van der Waals surface area contributed by atoms with Crippen LogP contribution in [0.15, 0.2) is 18.7 Å². The molecule has 0 aromatic carbocycles. The van der Waals surface area contributed by atoms with Crippen LogP contribution in [0.1, 0.15) is 46.5 Å². The maximum Gasteiger partial charge on any atom is 0.227 e. The van der Waals surface area contributed by atoms with Gasteiger partial charge >= 0.3 is 0 Å². The molecule has 0 spiro atoms. The van der Waals surface area contributed by atoms with Gasteiger partial charge in [-0.15, -0.1) is 0 Å². The van der Waals surface area contributed by atoms with Crippen LogP contribution in [0.4, 0.5) is 0 Å². The summed E-state index contributed by atoms with van der Waals surface area (Å²) in [5.41, 5.74) is 5.55. The Morgan fingerprint density at radius 2 is 2.10 bits per heavy atom. The van der Waals surface area contributed by atoms with Crippen LogP contribution in [-0.4, -0.2) is 28.0 Å². The van der Waals surface area contributed by atoms with Gasteiger partial charge in [0.05, 0.1) is 17.8 Å². The van der Waals surface area contributed by atoms with Crippen molar-refractivity contribution < 1.29 is 4.79 Å². The van der Waals surface area contributed by atoms with E-state index in [1.165, 1.54) is 0 Å². The lowest BCUT2D eigenvalue weighted by Crippen LogP contribution is -2.53. The van der Waals surface area contributed by atoms with Crippen molar-refractivity contribution in [3.05, 3.63) is 18.7 Å². The van der Waals surface area contributed by atoms with Crippen molar-refractivity contribution in [2.24, 2.45) is 16.6 Å². The molecule has 0 saturated heterocycles. The van der Waals surface area contributed by atoms with E-state index in [2.05, 4.69) is 31.1 Å². The second-order valence-electron chi connectivity index (χ2n) is 7.34. The molecule has 1 saturated carbocycles. The summed E-state index contributed by atoms with van der Waals surface area (Å²) in [7, 11) is 0. The van der Waals surface area contributed by atoms with Gasteiger partial charge < -0.3 is 15.6 Å². The highest BCUT2D eigenvalue weighted by atomic mass is 16.2. The molecule has 118 valence electrons. The molecule has 1 atom stereocenters. The number of rotatable bonds is 5. The Hall–Kier alpha value is -1.36. The largest absolute Gasteiger partial charge is 0.351 e. The zero-order valence-electron chi connectivity index (χ0n) is 13.4. The minimum atomic E-state index is -0.349. The van der Waals surface area contributed by atoms with Crippen LogP contribution in [0.2, 0.25) is 0 Å². The van der Waals surface area contributed by atoms with Gasteiger partial charge in [-0.1, -0.05) is 33.6 Å². The molecule has 1 heterocycles. The predicted molar refractivity (Wildman–Crippen MR) is 83.6 cm³/mol. The second kappa shape index (κ2) is 6.18. The lowest BCUT2D eigenvalue weighted by atomic mass is 9.82. The number of carbonyl (C=O) groups is 1. The summed E-state index contributed by atoms with van der Waals surface area (Å²) in [5, 5.41) is 3.26. The number of hydrogen-bond donors (Lipinski definition) is 2. The van der Waals surface area contributed by atoms with E-state index in [0.717, 1.165) is 32.2 Å². The molecule has 0 bridgehead atoms. The molecule has 2 rings (SSSR count). The van der Waals surface area contributed by atoms with Crippen molar-refractivity contribution in [1.29, 1.82) is 0 Å². The number of imidazole rings is 1. The molecule has 1 aliphatic carbocycles. The highest BCUT2D eigenvalue weighted by Gasteiger charge is 2.41. The van der Waals surface area contributed by atoms with E-state index in [-0.39, 0.29) is 22.8 Å². The Labute approximate surface area is 127 Å². The van der Waals surface area contributed by atoms with Gasteiger partial charge in [-0.05, 0) is 18.3 Å². The number of aromatic nitrogens is 2. The summed E-state index contributed by atoms with van der Waals surface area (Å²) in [6.45, 7) is 7.63. The highest BCUT2D eigenvalue weighted by Crippen LogP contribution is 2.38. The van der Waals surface area contributed by atoms with Crippen LogP contribution >= 0.6 is 0 Å². The summed E-state index contributed by atoms with van der Waals surface area (Å²) in [5.74, 6) is 0.127. The van der Waals surface area contributed by atoms with Crippen molar-refractivity contribution in [1.82, 2.24) is 14.9 Å². The molecule has 1 aromatic heterocycles. The van der Waals surface area contributed by atoms with E-state index >= 15 is 0 Å². The van der Waals surface area contributed by atoms with Gasteiger partial charge in [0.1, 0.15) is 0 Å². The van der Waals surface area contributed by atoms with Crippen LogP contribution in [-0.2, 0) is 11.3 Å². The molecule has 5 nitrogen and oxygen atoms in total. The van der Waals surface area contributed by atoms with Crippen molar-refractivity contribution in [3.8, 4) is 0 Å². The third kappa shape index (κ3) is 3.64. The summed E-state index contributed by atoms with van der Waals surface area (Å²) in [4.78, 5) is 16.8. The van der Waals surface area contributed by atoms with Gasteiger partial charge in [-0.25, -0.2) is 4.98 Å². The summed E-state index contributed by atoms with van der Waals surface area (Å²) < 4.78 is 2.01. The Morgan fingerprint density at radius 1 is 1.43 bits per heavy atom. The van der Waals surface area contributed by atoms with Gasteiger partial charge in [0.25, 0.3) is 0 Å². The smallest absolute Gasteiger partial charge is 0.227 e. The molecule has 3 N–H and O–H groups in total. The van der Waals surface area contributed by atoms with Crippen molar-refractivity contribution in [2.75, 3.05) is 6.54 Å². The molecule has 21 heavy (non-hydrogen) atoms. The molecule has 0 radical (unpaired) electrons. The van der Waals surface area contributed by atoms with E-state index in [1.54, 1.807) is 12.5 Å². The molecular formula is C16H28N4O. The number of nitrogens with zero attached hydrogens (tertiary/aromatic N) is 2. The summed E-state index contributed by atoms with van der Waals surface area (Å²) >= 11 is 0. The fraction of sp³-hybridized carbons (Fsp3) is 0.750. The lowest BCUT2D eigenvalue weighted by Gasteiger charge is -2.35. The van der Waals surface area contributed by atoms with E-state index in [1.807, 2.05) is 10.8 Å². The van der Waals surface area contributed by atoms with Crippen molar-refractivity contribution in [3.63, 3.8) is 0 Å². The standard InChI is InChI=1S/C16H28N4O/c1-15(2,3)13(10-20-9-8-18-12-20)19-14(21)16(11-17)6-4-5-7-16/h8-9,12-13H,4-7,10-11,17H2,1-3H3,(H,19,21). The van der Waals surface area contributed by atoms with Gasteiger partial charge in [0, 0.05) is 25.5 Å². The predicted octanol–water partition coefficient (Wildman–Crippen LogP) is 1.93.